The minimum Gasteiger partial charge on any atom is -0.508 e. The number of carbonyl (C=O) groups excluding carboxylic acids is 1. The highest BCUT2D eigenvalue weighted by atomic mass is 16.5. The van der Waals surface area contributed by atoms with Gasteiger partial charge < -0.3 is 30.2 Å². The van der Waals surface area contributed by atoms with Gasteiger partial charge in [0.2, 0.25) is 0 Å². The van der Waals surface area contributed by atoms with E-state index >= 15 is 0 Å². The summed E-state index contributed by atoms with van der Waals surface area (Å²) < 4.78 is 11.5. The van der Waals surface area contributed by atoms with Crippen molar-refractivity contribution in [2.75, 3.05) is 39.4 Å². The van der Waals surface area contributed by atoms with Gasteiger partial charge in [-0.3, -0.25) is 4.79 Å². The van der Waals surface area contributed by atoms with Crippen molar-refractivity contribution in [2.24, 2.45) is 11.7 Å². The van der Waals surface area contributed by atoms with E-state index in [0.29, 0.717) is 25.3 Å². The van der Waals surface area contributed by atoms with Crippen LogP contribution in [0.3, 0.4) is 0 Å². The molecular formula is C34H45N3O4. The van der Waals surface area contributed by atoms with Crippen molar-refractivity contribution in [3.63, 3.8) is 0 Å². The number of aromatic hydroxyl groups is 1. The number of hydrogen-bond acceptors (Lipinski definition) is 6. The third kappa shape index (κ3) is 8.55. The van der Waals surface area contributed by atoms with Crippen LogP contribution in [-0.4, -0.2) is 66.5 Å². The second-order valence-electron chi connectivity index (χ2n) is 10.7. The first-order valence-corrected chi connectivity index (χ1v) is 15.0. The number of carbonyl (C=O) groups is 1. The number of likely N-dealkylation sites (N-methyl/N-ethyl adjacent to an activating group) is 1. The number of benzene rings is 3. The van der Waals surface area contributed by atoms with Gasteiger partial charge in [0.1, 0.15) is 12.4 Å². The molecule has 7 nitrogen and oxygen atoms in total. The molecule has 0 aliphatic carbocycles. The summed E-state index contributed by atoms with van der Waals surface area (Å²) in [6.07, 6.45) is 6.52. The van der Waals surface area contributed by atoms with Crippen LogP contribution >= 0.6 is 0 Å². The second kappa shape index (κ2) is 15.6. The Balaban J connectivity index is 0.000000247. The summed E-state index contributed by atoms with van der Waals surface area (Å²) >= 11 is 0. The number of H-pyrrole nitrogens is 1. The van der Waals surface area contributed by atoms with Crippen LogP contribution < -0.4 is 5.73 Å². The predicted molar refractivity (Wildman–Crippen MR) is 166 cm³/mol. The molecule has 1 saturated heterocycles. The quantitative estimate of drug-likeness (QED) is 0.189. The molecular weight excluding hydrogens is 514 g/mol. The van der Waals surface area contributed by atoms with Gasteiger partial charge in [0.25, 0.3) is 0 Å². The molecule has 7 heteroatoms. The average Bonchev–Trinajstić information content (AvgIpc) is 3.65. The van der Waals surface area contributed by atoms with Crippen molar-refractivity contribution < 1.29 is 19.4 Å². The molecule has 1 fully saturated rings. The first kappa shape index (κ1) is 30.6. The maximum atomic E-state index is 12.9. The fourth-order valence-corrected chi connectivity index (χ4v) is 5.61. The number of fused-ring (bicyclic) bond motifs is 2. The Bertz CT molecular complexity index is 1370. The largest absolute Gasteiger partial charge is 0.508 e. The first-order valence-electron chi connectivity index (χ1n) is 15.0. The number of nitrogens with zero attached hydrogens (tertiary/aromatic N) is 1. The molecule has 3 aromatic carbocycles. The third-order valence-corrected chi connectivity index (χ3v) is 7.96. The van der Waals surface area contributed by atoms with Crippen LogP contribution in [0, 0.1) is 5.92 Å². The van der Waals surface area contributed by atoms with Crippen LogP contribution in [0.25, 0.3) is 21.7 Å². The van der Waals surface area contributed by atoms with E-state index in [9.17, 15) is 9.90 Å². The summed E-state index contributed by atoms with van der Waals surface area (Å²) in [5.41, 5.74) is 8.89. The zero-order valence-electron chi connectivity index (χ0n) is 24.5. The van der Waals surface area contributed by atoms with E-state index in [2.05, 4.69) is 66.2 Å². The number of phenols is 1. The lowest BCUT2D eigenvalue weighted by atomic mass is 9.90. The lowest BCUT2D eigenvalue weighted by Gasteiger charge is -2.22. The molecule has 2 atom stereocenters. The van der Waals surface area contributed by atoms with Crippen molar-refractivity contribution in [1.82, 2.24) is 9.88 Å². The normalized spacial score (nSPS) is 15.7. The smallest absolute Gasteiger partial charge is 0.309 e. The van der Waals surface area contributed by atoms with Gasteiger partial charge in [-0.05, 0) is 91.8 Å². The minimum absolute atomic E-state index is 0.0874. The molecule has 2 heterocycles. The van der Waals surface area contributed by atoms with E-state index in [0.717, 1.165) is 68.4 Å². The van der Waals surface area contributed by atoms with Gasteiger partial charge >= 0.3 is 5.97 Å². The first-order chi connectivity index (χ1) is 20.0. The third-order valence-electron chi connectivity index (χ3n) is 7.96. The Kier molecular flexibility index (Phi) is 11.6. The van der Waals surface area contributed by atoms with Crippen LogP contribution in [0.15, 0.2) is 66.9 Å². The van der Waals surface area contributed by atoms with E-state index in [1.807, 2.05) is 12.3 Å². The van der Waals surface area contributed by atoms with E-state index in [4.69, 9.17) is 15.2 Å². The minimum atomic E-state index is -0.161. The maximum absolute atomic E-state index is 12.9. The van der Waals surface area contributed by atoms with Crippen molar-refractivity contribution in [3.05, 3.63) is 78.0 Å². The number of rotatable bonds is 12. The van der Waals surface area contributed by atoms with Gasteiger partial charge in [0.15, 0.2) is 0 Å². The molecule has 1 aliphatic rings. The SMILES string of the molecule is CCN(CC)CCOC(=O)C(Cc1cccc2ccccc12)CC1CCCO1.NCCc1c[nH]c2ccc(O)cc12. The molecule has 0 amide bonds. The Labute approximate surface area is 243 Å². The number of aromatic nitrogens is 1. The number of phenolic OH excluding ortho intramolecular Hbond substituents is 1. The average molecular weight is 560 g/mol. The van der Waals surface area contributed by atoms with Crippen LogP contribution in [0.4, 0.5) is 0 Å². The highest BCUT2D eigenvalue weighted by molar-refractivity contribution is 5.86. The van der Waals surface area contributed by atoms with Gasteiger partial charge in [-0.15, -0.1) is 0 Å². The molecule has 1 aromatic heterocycles. The van der Waals surface area contributed by atoms with E-state index in [-0.39, 0.29) is 18.0 Å². The topological polar surface area (TPSA) is 101 Å². The van der Waals surface area contributed by atoms with Crippen LogP contribution in [0.2, 0.25) is 0 Å². The Morgan fingerprint density at radius 1 is 1.10 bits per heavy atom. The Hall–Kier alpha value is -3.39. The molecule has 1 aliphatic heterocycles. The molecule has 41 heavy (non-hydrogen) atoms. The maximum Gasteiger partial charge on any atom is 0.309 e. The summed E-state index contributed by atoms with van der Waals surface area (Å²) in [5.74, 6) is 0.0478. The van der Waals surface area contributed by atoms with Crippen molar-refractivity contribution >= 4 is 27.6 Å². The molecule has 220 valence electrons. The molecule has 0 saturated carbocycles. The highest BCUT2D eigenvalue weighted by Crippen LogP contribution is 2.27. The summed E-state index contributed by atoms with van der Waals surface area (Å²) in [7, 11) is 0. The summed E-state index contributed by atoms with van der Waals surface area (Å²) in [4.78, 5) is 18.3. The number of nitrogens with two attached hydrogens (primary N) is 1. The number of esters is 1. The van der Waals surface area contributed by atoms with Crippen LogP contribution in [0.5, 0.6) is 5.75 Å². The summed E-state index contributed by atoms with van der Waals surface area (Å²) in [6, 6.07) is 20.0. The highest BCUT2D eigenvalue weighted by Gasteiger charge is 2.28. The van der Waals surface area contributed by atoms with Gasteiger partial charge in [-0.1, -0.05) is 56.3 Å². The standard InChI is InChI=1S/C24H33NO3.C10H12N2O/c1-3-25(4-2)14-16-28-24(26)21(18-22-12-8-15-27-22)17-20-11-7-10-19-9-5-6-13-23(19)20;11-4-3-7-6-12-10-2-1-8(13)5-9(7)10/h5-7,9-11,13,21-22H,3-4,8,12,14-18H2,1-2H3;1-2,5-6,12-13H,3-4,11H2. The summed E-state index contributed by atoms with van der Waals surface area (Å²) in [5, 5.41) is 12.8. The van der Waals surface area contributed by atoms with E-state index in [1.54, 1.807) is 12.1 Å². The second-order valence-corrected chi connectivity index (χ2v) is 10.7. The molecule has 0 radical (unpaired) electrons. The zero-order chi connectivity index (χ0) is 29.0. The lowest BCUT2D eigenvalue weighted by Crippen LogP contribution is -2.30. The monoisotopic (exact) mass is 559 g/mol. The zero-order valence-corrected chi connectivity index (χ0v) is 24.5. The Morgan fingerprint density at radius 2 is 1.90 bits per heavy atom. The number of nitrogens with one attached hydrogen (secondary N) is 1. The number of aromatic amines is 1. The van der Waals surface area contributed by atoms with Gasteiger partial charge in [-0.25, -0.2) is 0 Å². The van der Waals surface area contributed by atoms with Crippen molar-refractivity contribution in [2.45, 2.75) is 52.1 Å². The molecule has 0 spiro atoms. The summed E-state index contributed by atoms with van der Waals surface area (Å²) in [6.45, 7) is 8.90. The van der Waals surface area contributed by atoms with Crippen molar-refractivity contribution in [1.29, 1.82) is 0 Å². The van der Waals surface area contributed by atoms with Crippen LogP contribution in [0.1, 0.15) is 44.2 Å². The molecule has 2 unspecified atom stereocenters. The number of ether oxygens (including phenoxy) is 2. The molecule has 4 aromatic rings. The van der Waals surface area contributed by atoms with E-state index in [1.165, 1.54) is 16.3 Å². The Morgan fingerprint density at radius 3 is 2.66 bits per heavy atom. The van der Waals surface area contributed by atoms with Gasteiger partial charge in [0.05, 0.1) is 12.0 Å². The molecule has 5 rings (SSSR count). The molecule has 0 bridgehead atoms. The fraction of sp³-hybridized carbons (Fsp3) is 0.441. The molecule has 4 N–H and O–H groups in total. The predicted octanol–water partition coefficient (Wildman–Crippen LogP) is 5.83. The van der Waals surface area contributed by atoms with Gasteiger partial charge in [0, 0.05) is 30.3 Å². The van der Waals surface area contributed by atoms with Gasteiger partial charge in [-0.2, -0.15) is 0 Å². The fourth-order valence-electron chi connectivity index (χ4n) is 5.61. The lowest BCUT2D eigenvalue weighted by molar-refractivity contribution is -0.150. The number of hydrogen-bond donors (Lipinski definition) is 3. The van der Waals surface area contributed by atoms with E-state index < -0.39 is 0 Å². The van der Waals surface area contributed by atoms with Crippen molar-refractivity contribution in [3.8, 4) is 5.75 Å². The van der Waals surface area contributed by atoms with Crippen LogP contribution in [-0.2, 0) is 27.1 Å².